The summed E-state index contributed by atoms with van der Waals surface area (Å²) in [6, 6.07) is 6.93. The molecule has 0 unspecified atom stereocenters. The minimum atomic E-state index is -4.54. The number of alkyl halides is 3. The van der Waals surface area contributed by atoms with Gasteiger partial charge in [-0.15, -0.1) is 0 Å². The highest BCUT2D eigenvalue weighted by Gasteiger charge is 2.31. The van der Waals surface area contributed by atoms with Crippen LogP contribution >= 0.6 is 0 Å². The number of anilines is 1. The molecule has 2 rings (SSSR count). The van der Waals surface area contributed by atoms with Crippen LogP contribution in [0.4, 0.5) is 23.4 Å². The van der Waals surface area contributed by atoms with E-state index < -0.39 is 17.6 Å². The molecule has 1 aromatic carbocycles. The summed E-state index contributed by atoms with van der Waals surface area (Å²) < 4.78 is 51.2. The zero-order valence-corrected chi connectivity index (χ0v) is 9.00. The van der Waals surface area contributed by atoms with Gasteiger partial charge in [-0.2, -0.15) is 13.2 Å². The average Bonchev–Trinajstić information content (AvgIpc) is 2.27. The van der Waals surface area contributed by atoms with Crippen LogP contribution in [0.5, 0.6) is 0 Å². The Morgan fingerprint density at radius 3 is 2.33 bits per heavy atom. The molecule has 0 fully saturated rings. The van der Waals surface area contributed by atoms with E-state index in [0.29, 0.717) is 6.07 Å². The molecule has 0 amide bonds. The molecule has 2 aromatic rings. The fourth-order valence-electron chi connectivity index (χ4n) is 1.52. The molecule has 1 heterocycles. The lowest BCUT2D eigenvalue weighted by Crippen LogP contribution is -2.07. The van der Waals surface area contributed by atoms with Gasteiger partial charge in [0.25, 0.3) is 0 Å². The van der Waals surface area contributed by atoms with Crippen LogP contribution in [0.15, 0.2) is 36.4 Å². The number of benzene rings is 1. The molecule has 2 N–H and O–H groups in total. The smallest absolute Gasteiger partial charge is 0.384 e. The number of hydrogen-bond donors (Lipinski definition) is 1. The van der Waals surface area contributed by atoms with E-state index in [9.17, 15) is 17.6 Å². The predicted octanol–water partition coefficient (Wildman–Crippen LogP) is 3.49. The number of hydrogen-bond acceptors (Lipinski definition) is 2. The second-order valence-corrected chi connectivity index (χ2v) is 3.64. The lowest BCUT2D eigenvalue weighted by Gasteiger charge is -2.10. The van der Waals surface area contributed by atoms with Gasteiger partial charge in [-0.3, -0.25) is 0 Å². The summed E-state index contributed by atoms with van der Waals surface area (Å²) in [4.78, 5) is 3.72. The Morgan fingerprint density at radius 2 is 1.72 bits per heavy atom. The second kappa shape index (κ2) is 4.29. The zero-order valence-electron chi connectivity index (χ0n) is 9.00. The van der Waals surface area contributed by atoms with Crippen molar-refractivity contribution in [3.63, 3.8) is 0 Å². The van der Waals surface area contributed by atoms with Gasteiger partial charge >= 0.3 is 6.18 Å². The van der Waals surface area contributed by atoms with Gasteiger partial charge in [-0.25, -0.2) is 9.37 Å². The highest BCUT2D eigenvalue weighted by molar-refractivity contribution is 5.63. The summed E-state index contributed by atoms with van der Waals surface area (Å²) in [5.41, 5.74) is 4.20. The van der Waals surface area contributed by atoms with Crippen LogP contribution < -0.4 is 5.73 Å². The molecule has 0 aliphatic heterocycles. The van der Waals surface area contributed by atoms with Crippen LogP contribution in [0.1, 0.15) is 5.56 Å². The maximum Gasteiger partial charge on any atom is 0.416 e. The van der Waals surface area contributed by atoms with Crippen LogP contribution in [0.25, 0.3) is 11.3 Å². The number of aromatic nitrogens is 1. The van der Waals surface area contributed by atoms with Gasteiger partial charge in [0.1, 0.15) is 11.6 Å². The first-order valence-electron chi connectivity index (χ1n) is 4.97. The van der Waals surface area contributed by atoms with Crippen LogP contribution in [0.2, 0.25) is 0 Å². The summed E-state index contributed by atoms with van der Waals surface area (Å²) >= 11 is 0. The van der Waals surface area contributed by atoms with E-state index in [4.69, 9.17) is 5.73 Å². The Hall–Kier alpha value is -2.11. The third-order valence-corrected chi connectivity index (χ3v) is 2.32. The van der Waals surface area contributed by atoms with Crippen LogP contribution in [-0.2, 0) is 6.18 Å². The third-order valence-electron chi connectivity index (χ3n) is 2.32. The molecule has 0 saturated carbocycles. The highest BCUT2D eigenvalue weighted by Crippen LogP contribution is 2.33. The topological polar surface area (TPSA) is 38.9 Å². The van der Waals surface area contributed by atoms with Gasteiger partial charge in [0, 0.05) is 5.56 Å². The molecule has 0 bridgehead atoms. The summed E-state index contributed by atoms with van der Waals surface area (Å²) in [5.74, 6) is -0.952. The molecule has 1 aromatic heterocycles. The predicted molar refractivity (Wildman–Crippen MR) is 59.0 cm³/mol. The monoisotopic (exact) mass is 256 g/mol. The first kappa shape index (κ1) is 12.3. The number of nitrogen functional groups attached to an aromatic ring is 1. The maximum absolute atomic E-state index is 13.5. The molecule has 2 nitrogen and oxygen atoms in total. The highest BCUT2D eigenvalue weighted by atomic mass is 19.4. The maximum atomic E-state index is 13.5. The number of pyridine rings is 1. The normalized spacial score (nSPS) is 11.6. The number of rotatable bonds is 1. The molecule has 0 aliphatic rings. The number of nitrogens with two attached hydrogens (primary N) is 1. The first-order chi connectivity index (χ1) is 8.38. The Labute approximate surface area is 100 Å². The molecular weight excluding hydrogens is 248 g/mol. The number of nitrogens with zero attached hydrogens (tertiary/aromatic N) is 1. The molecule has 0 aliphatic carbocycles. The van der Waals surface area contributed by atoms with Crippen LogP contribution in [0.3, 0.4) is 0 Å². The van der Waals surface area contributed by atoms with Crippen molar-refractivity contribution in [3.05, 3.63) is 47.8 Å². The van der Waals surface area contributed by atoms with E-state index in [-0.39, 0.29) is 17.1 Å². The molecule has 18 heavy (non-hydrogen) atoms. The lowest BCUT2D eigenvalue weighted by molar-refractivity contribution is -0.137. The Balaban J connectivity index is 2.60. The second-order valence-electron chi connectivity index (χ2n) is 3.64. The fraction of sp³-hybridized carbons (Fsp3) is 0.0833. The van der Waals surface area contributed by atoms with Crippen molar-refractivity contribution >= 4 is 5.82 Å². The Bertz CT molecular complexity index is 579. The zero-order chi connectivity index (χ0) is 13.3. The molecule has 0 saturated heterocycles. The summed E-state index contributed by atoms with van der Waals surface area (Å²) in [7, 11) is 0. The van der Waals surface area contributed by atoms with E-state index in [1.165, 1.54) is 18.2 Å². The molecular formula is C12H8F4N2. The van der Waals surface area contributed by atoms with E-state index in [1.807, 2.05) is 0 Å². The summed E-state index contributed by atoms with van der Waals surface area (Å²) in [5, 5.41) is 0. The third kappa shape index (κ3) is 2.42. The first-order valence-corrected chi connectivity index (χ1v) is 4.97. The van der Waals surface area contributed by atoms with E-state index >= 15 is 0 Å². The van der Waals surface area contributed by atoms with Gasteiger partial charge in [0.15, 0.2) is 0 Å². The van der Waals surface area contributed by atoms with Gasteiger partial charge < -0.3 is 5.73 Å². The van der Waals surface area contributed by atoms with Crippen molar-refractivity contribution in [2.24, 2.45) is 0 Å². The largest absolute Gasteiger partial charge is 0.416 e. The molecule has 94 valence electrons. The van der Waals surface area contributed by atoms with Crippen LogP contribution in [-0.4, -0.2) is 4.98 Å². The molecule has 6 heteroatoms. The minimum Gasteiger partial charge on any atom is -0.384 e. The Morgan fingerprint density at radius 1 is 1.06 bits per heavy atom. The average molecular weight is 256 g/mol. The van der Waals surface area contributed by atoms with Crippen molar-refractivity contribution in [2.45, 2.75) is 6.18 Å². The van der Waals surface area contributed by atoms with Crippen molar-refractivity contribution in [2.75, 3.05) is 5.73 Å². The standard InChI is InChI=1S/C12H8F4N2/c13-9-4-2-1-3-8(9)10-5-7(12(14,15)16)6-11(17)18-10/h1-6H,(H2,17,18). The van der Waals surface area contributed by atoms with E-state index in [1.54, 1.807) is 0 Å². The molecule has 0 atom stereocenters. The summed E-state index contributed by atoms with van der Waals surface area (Å²) in [6.45, 7) is 0. The van der Waals surface area contributed by atoms with Gasteiger partial charge in [0.2, 0.25) is 0 Å². The molecule has 0 radical (unpaired) electrons. The van der Waals surface area contributed by atoms with Crippen LogP contribution in [0, 0.1) is 5.82 Å². The van der Waals surface area contributed by atoms with E-state index in [2.05, 4.69) is 4.98 Å². The minimum absolute atomic E-state index is 0.0182. The van der Waals surface area contributed by atoms with Crippen molar-refractivity contribution in [1.82, 2.24) is 4.98 Å². The summed E-state index contributed by atoms with van der Waals surface area (Å²) in [6.07, 6.45) is -4.54. The van der Waals surface area contributed by atoms with E-state index in [0.717, 1.165) is 12.1 Å². The number of halogens is 4. The fourth-order valence-corrected chi connectivity index (χ4v) is 1.52. The Kier molecular flexibility index (Phi) is 2.94. The van der Waals surface area contributed by atoms with Gasteiger partial charge in [-0.1, -0.05) is 12.1 Å². The SMILES string of the molecule is Nc1cc(C(F)(F)F)cc(-c2ccccc2F)n1. The van der Waals surface area contributed by atoms with Gasteiger partial charge in [-0.05, 0) is 24.3 Å². The molecule has 0 spiro atoms. The quantitative estimate of drug-likeness (QED) is 0.793. The van der Waals surface area contributed by atoms with Crippen molar-refractivity contribution in [3.8, 4) is 11.3 Å². The lowest BCUT2D eigenvalue weighted by atomic mass is 10.1. The van der Waals surface area contributed by atoms with Crippen molar-refractivity contribution < 1.29 is 17.6 Å². The van der Waals surface area contributed by atoms with Gasteiger partial charge in [0.05, 0.1) is 11.3 Å². The van der Waals surface area contributed by atoms with Crippen molar-refractivity contribution in [1.29, 1.82) is 0 Å².